The molecule has 0 saturated carbocycles. The molecule has 0 radical (unpaired) electrons. The van der Waals surface area contributed by atoms with Crippen molar-refractivity contribution in [1.82, 2.24) is 4.98 Å². The number of nitrogens with two attached hydrogens (primary N) is 1. The molecule has 0 saturated heterocycles. The smallest absolute Gasteiger partial charge is 0.338 e. The van der Waals surface area contributed by atoms with E-state index in [1.165, 1.54) is 0 Å². The summed E-state index contributed by atoms with van der Waals surface area (Å²) in [7, 11) is -0.552. The molecular weight excluding hydrogens is 200 g/mol. The number of anilines is 1. The normalized spacial score (nSPS) is 12.1. The summed E-state index contributed by atoms with van der Waals surface area (Å²) in [6.45, 7) is 5.70. The average molecular weight is 214 g/mol. The van der Waals surface area contributed by atoms with Crippen LogP contribution in [-0.4, -0.2) is 11.0 Å². The number of carboxylic acids is 1. The number of carbonyl (C=O) groups excluding carboxylic acids is 1. The van der Waals surface area contributed by atoms with Gasteiger partial charge in [0.25, 0.3) is 0 Å². The van der Waals surface area contributed by atoms with Crippen LogP contribution in [0, 0.1) is 0 Å². The first-order valence-corrected chi connectivity index (χ1v) is 5.89. The van der Waals surface area contributed by atoms with Crippen LogP contribution in [0.1, 0.15) is 42.1 Å². The summed E-state index contributed by atoms with van der Waals surface area (Å²) in [6.07, 6.45) is 0. The summed E-state index contributed by atoms with van der Waals surface area (Å²) in [6, 6.07) is 0. The lowest BCUT2D eigenvalue weighted by molar-refractivity contribution is -0.254. The van der Waals surface area contributed by atoms with Crippen molar-refractivity contribution in [2.75, 3.05) is 5.73 Å². The largest absolute Gasteiger partial charge is 0.540 e. The lowest BCUT2D eigenvalue weighted by Gasteiger charge is -2.01. The van der Waals surface area contributed by atoms with Gasteiger partial charge in [0.2, 0.25) is 4.88 Å². The maximum absolute atomic E-state index is 10.9. The Morgan fingerprint density at radius 1 is 1.64 bits per heavy atom. The molecule has 2 N–H and O–H groups in total. The zero-order chi connectivity index (χ0) is 10.9. The summed E-state index contributed by atoms with van der Waals surface area (Å²) in [4.78, 5) is 15.3. The van der Waals surface area contributed by atoms with E-state index in [0.717, 1.165) is 0 Å². The molecule has 5 heteroatoms. The maximum Gasteiger partial charge on any atom is 0.338 e. The number of aromatic nitrogens is 1. The molecule has 1 aromatic rings. The van der Waals surface area contributed by atoms with Crippen molar-refractivity contribution >= 4 is 21.6 Å². The van der Waals surface area contributed by atoms with E-state index in [9.17, 15) is 9.90 Å². The summed E-state index contributed by atoms with van der Waals surface area (Å²) in [5.41, 5.74) is 6.25. The monoisotopic (exact) mass is 214 g/mol. The van der Waals surface area contributed by atoms with Gasteiger partial charge < -0.3 is 15.6 Å². The van der Waals surface area contributed by atoms with Crippen molar-refractivity contribution in [3.63, 3.8) is 0 Å². The minimum Gasteiger partial charge on any atom is -0.540 e. The van der Waals surface area contributed by atoms with Crippen LogP contribution in [0.3, 0.4) is 0 Å². The third-order valence-electron chi connectivity index (χ3n) is 1.98. The van der Waals surface area contributed by atoms with Gasteiger partial charge in [0.15, 0.2) is 0 Å². The van der Waals surface area contributed by atoms with Crippen molar-refractivity contribution in [3.05, 3.63) is 10.6 Å². The van der Waals surface area contributed by atoms with Crippen LogP contribution in [0.15, 0.2) is 0 Å². The Kier molecular flexibility index (Phi) is 3.10. The molecule has 14 heavy (non-hydrogen) atoms. The van der Waals surface area contributed by atoms with Gasteiger partial charge in [0.1, 0.15) is 17.4 Å². The van der Waals surface area contributed by atoms with Gasteiger partial charge in [-0.3, -0.25) is 0 Å². The van der Waals surface area contributed by atoms with Crippen molar-refractivity contribution in [3.8, 4) is 0 Å². The van der Waals surface area contributed by atoms with E-state index in [4.69, 9.17) is 5.73 Å². The second-order valence-electron chi connectivity index (χ2n) is 3.29. The molecule has 0 fully saturated rings. The zero-order valence-corrected chi connectivity index (χ0v) is 9.35. The van der Waals surface area contributed by atoms with E-state index in [0.29, 0.717) is 21.5 Å². The van der Waals surface area contributed by atoms with Gasteiger partial charge in [-0.25, -0.2) is 0 Å². The molecular formula is C9H14N2O2S. The number of thiazole rings is 1. The van der Waals surface area contributed by atoms with E-state index in [-0.39, 0.29) is 5.92 Å². The molecule has 0 aliphatic carbocycles. The van der Waals surface area contributed by atoms with E-state index in [1.54, 1.807) is 0 Å². The molecule has 1 atom stereocenters. The van der Waals surface area contributed by atoms with E-state index in [1.807, 2.05) is 20.8 Å². The van der Waals surface area contributed by atoms with Crippen LogP contribution in [0.5, 0.6) is 0 Å². The molecule has 0 aromatic carbocycles. The van der Waals surface area contributed by atoms with Gasteiger partial charge in [-0.1, -0.05) is 13.8 Å². The lowest BCUT2D eigenvalue weighted by atomic mass is 10.1. The quantitative estimate of drug-likeness (QED) is 0.759. The highest BCUT2D eigenvalue weighted by Crippen LogP contribution is 2.37. The van der Waals surface area contributed by atoms with Gasteiger partial charge in [-0.15, -0.1) is 0 Å². The van der Waals surface area contributed by atoms with Crippen LogP contribution >= 0.6 is 10.5 Å². The topological polar surface area (TPSA) is 79.0 Å². The molecule has 78 valence electrons. The van der Waals surface area contributed by atoms with E-state index < -0.39 is 16.4 Å². The van der Waals surface area contributed by atoms with Gasteiger partial charge in [-0.05, 0) is 6.92 Å². The first kappa shape index (κ1) is 11.0. The molecule has 1 aromatic heterocycles. The Bertz CT molecular complexity index is 358. The molecule has 0 aliphatic rings. The fourth-order valence-electron chi connectivity index (χ4n) is 1.34. The van der Waals surface area contributed by atoms with Crippen LogP contribution in [0.4, 0.5) is 5.13 Å². The predicted octanol–water partition coefficient (Wildman–Crippen LogP) is 0.920. The molecule has 0 amide bonds. The number of hydrogen-bond acceptors (Lipinski definition) is 4. The fourth-order valence-corrected chi connectivity index (χ4v) is 3.08. The molecule has 1 unspecified atom stereocenters. The SMILES string of the molecule is CC[s+]1c(N)nc(C(C)C)c1C(=O)[O-]. The van der Waals surface area contributed by atoms with Gasteiger partial charge in [0, 0.05) is 16.4 Å². The average Bonchev–Trinajstić information content (AvgIpc) is 2.42. The van der Waals surface area contributed by atoms with E-state index in [2.05, 4.69) is 4.98 Å². The summed E-state index contributed by atoms with van der Waals surface area (Å²) >= 11 is 0. The minimum absolute atomic E-state index is 0.0745. The van der Waals surface area contributed by atoms with Gasteiger partial charge in [-0.2, -0.15) is 4.98 Å². The first-order chi connectivity index (χ1) is 6.49. The summed E-state index contributed by atoms with van der Waals surface area (Å²) in [5, 5.41) is 11.4. The molecule has 1 heterocycles. The van der Waals surface area contributed by atoms with Gasteiger partial charge in [0.05, 0.1) is 0 Å². The van der Waals surface area contributed by atoms with Crippen molar-refractivity contribution in [2.45, 2.75) is 32.4 Å². The highest BCUT2D eigenvalue weighted by atomic mass is 32.2. The van der Waals surface area contributed by atoms with E-state index >= 15 is 0 Å². The second-order valence-corrected chi connectivity index (χ2v) is 5.47. The second kappa shape index (κ2) is 3.96. The third-order valence-corrected chi connectivity index (χ3v) is 4.03. The van der Waals surface area contributed by atoms with Crippen LogP contribution in [0.25, 0.3) is 0 Å². The number of hydrogen-bond donors (Lipinski definition) is 1. The Morgan fingerprint density at radius 3 is 2.57 bits per heavy atom. The lowest BCUT2D eigenvalue weighted by Crippen LogP contribution is -2.23. The Balaban J connectivity index is 3.37. The van der Waals surface area contributed by atoms with Gasteiger partial charge >= 0.3 is 5.13 Å². The Hall–Kier alpha value is -1.10. The number of nitrogen functional groups attached to an aromatic ring is 1. The van der Waals surface area contributed by atoms with Crippen LogP contribution in [-0.2, 0) is 5.75 Å². The van der Waals surface area contributed by atoms with Crippen molar-refractivity contribution < 1.29 is 9.90 Å². The molecule has 0 bridgehead atoms. The summed E-state index contributed by atoms with van der Waals surface area (Å²) < 4.78 is 0. The molecule has 1 rings (SSSR count). The molecule has 0 aliphatic heterocycles. The Morgan fingerprint density at radius 2 is 2.21 bits per heavy atom. The number of nitrogens with zero attached hydrogens (tertiary/aromatic N) is 1. The number of rotatable bonds is 3. The predicted molar refractivity (Wildman–Crippen MR) is 55.2 cm³/mol. The standard InChI is InChI=1S/C9H14N2O2S/c1-4-14-7(8(12)13)6(5(2)3)11-9(14)10/h5H,4H2,1-3H3,(H2-,10,11,12,13). The third kappa shape index (κ3) is 1.72. The van der Waals surface area contributed by atoms with Crippen molar-refractivity contribution in [2.24, 2.45) is 0 Å². The number of carboxylic acid groups (broad SMARTS) is 1. The Labute approximate surface area is 85.7 Å². The fraction of sp³-hybridized carbons (Fsp3) is 0.556. The summed E-state index contributed by atoms with van der Waals surface area (Å²) in [5.74, 6) is -0.386. The molecule has 0 spiro atoms. The van der Waals surface area contributed by atoms with Crippen LogP contribution in [0.2, 0.25) is 0 Å². The maximum atomic E-state index is 10.9. The highest BCUT2D eigenvalue weighted by molar-refractivity contribution is 7.35. The number of carbonyl (C=O) groups is 1. The number of aromatic carboxylic acids is 1. The molecule has 4 nitrogen and oxygen atoms in total. The van der Waals surface area contributed by atoms with Crippen molar-refractivity contribution in [1.29, 1.82) is 0 Å². The zero-order valence-electron chi connectivity index (χ0n) is 8.53. The highest BCUT2D eigenvalue weighted by Gasteiger charge is 2.27. The minimum atomic E-state index is -1.14. The first-order valence-electron chi connectivity index (χ1n) is 4.49. The van der Waals surface area contributed by atoms with Crippen LogP contribution < -0.4 is 10.8 Å².